The molecule has 1 heterocycles. The van der Waals surface area contributed by atoms with Crippen LogP contribution in [0.1, 0.15) is 32.8 Å². The SMILES string of the molecule is CCNC(=NCc1cccc(NC(=O)Cn2cccn2)c1)NCCCOCC(C)C.I. The zero-order chi connectivity index (χ0) is 21.6. The van der Waals surface area contributed by atoms with Gasteiger partial charge in [0, 0.05) is 44.4 Å². The van der Waals surface area contributed by atoms with Crippen LogP contribution < -0.4 is 16.0 Å². The lowest BCUT2D eigenvalue weighted by atomic mass is 10.2. The summed E-state index contributed by atoms with van der Waals surface area (Å²) < 4.78 is 7.19. The molecule has 8 nitrogen and oxygen atoms in total. The summed E-state index contributed by atoms with van der Waals surface area (Å²) in [4.78, 5) is 16.8. The van der Waals surface area contributed by atoms with E-state index >= 15 is 0 Å². The number of anilines is 1. The van der Waals surface area contributed by atoms with Crippen LogP contribution in [0.4, 0.5) is 5.69 Å². The third-order valence-electron chi connectivity index (χ3n) is 4.05. The smallest absolute Gasteiger partial charge is 0.246 e. The Bertz CT molecular complexity index is 780. The van der Waals surface area contributed by atoms with E-state index in [1.54, 1.807) is 23.1 Å². The summed E-state index contributed by atoms with van der Waals surface area (Å²) in [5.74, 6) is 1.21. The Balaban J connectivity index is 0.00000480. The molecule has 1 aromatic heterocycles. The number of ether oxygens (including phenoxy) is 1. The number of nitrogens with zero attached hydrogens (tertiary/aromatic N) is 3. The Hall–Kier alpha value is -2.14. The van der Waals surface area contributed by atoms with Crippen molar-refractivity contribution in [3.05, 3.63) is 48.3 Å². The highest BCUT2D eigenvalue weighted by Crippen LogP contribution is 2.11. The van der Waals surface area contributed by atoms with Crippen LogP contribution in [-0.4, -0.2) is 48.0 Å². The summed E-state index contributed by atoms with van der Waals surface area (Å²) in [6.07, 6.45) is 4.34. The van der Waals surface area contributed by atoms with E-state index in [4.69, 9.17) is 4.74 Å². The summed E-state index contributed by atoms with van der Waals surface area (Å²) in [6, 6.07) is 9.51. The first-order valence-corrected chi connectivity index (χ1v) is 10.5. The molecule has 3 N–H and O–H groups in total. The van der Waals surface area contributed by atoms with Gasteiger partial charge in [-0.05, 0) is 43.0 Å². The molecule has 0 atom stereocenters. The van der Waals surface area contributed by atoms with E-state index < -0.39 is 0 Å². The minimum absolute atomic E-state index is 0. The molecule has 2 rings (SSSR count). The fraction of sp³-hybridized carbons (Fsp3) is 0.500. The molecule has 1 aromatic carbocycles. The van der Waals surface area contributed by atoms with E-state index in [1.165, 1.54) is 0 Å². The molecule has 0 aliphatic heterocycles. The van der Waals surface area contributed by atoms with Gasteiger partial charge in [0.25, 0.3) is 0 Å². The monoisotopic (exact) mass is 542 g/mol. The number of hydrogen-bond donors (Lipinski definition) is 3. The summed E-state index contributed by atoms with van der Waals surface area (Å²) in [7, 11) is 0. The number of carbonyl (C=O) groups is 1. The zero-order valence-electron chi connectivity index (χ0n) is 18.6. The van der Waals surface area contributed by atoms with Gasteiger partial charge in [0.05, 0.1) is 6.54 Å². The number of halogens is 1. The van der Waals surface area contributed by atoms with E-state index in [2.05, 4.69) is 39.9 Å². The van der Waals surface area contributed by atoms with Crippen LogP contribution in [0.5, 0.6) is 0 Å². The third-order valence-corrected chi connectivity index (χ3v) is 4.05. The van der Waals surface area contributed by atoms with Gasteiger partial charge in [-0.25, -0.2) is 4.99 Å². The number of nitrogens with one attached hydrogen (secondary N) is 3. The molecule has 0 bridgehead atoms. The van der Waals surface area contributed by atoms with Gasteiger partial charge in [0.2, 0.25) is 5.91 Å². The number of carbonyl (C=O) groups excluding carboxylic acids is 1. The van der Waals surface area contributed by atoms with Gasteiger partial charge in [-0.1, -0.05) is 26.0 Å². The summed E-state index contributed by atoms with van der Waals surface area (Å²) in [6.45, 7) is 10.2. The molecule has 0 unspecified atom stereocenters. The normalized spacial score (nSPS) is 11.2. The van der Waals surface area contributed by atoms with Crippen LogP contribution >= 0.6 is 24.0 Å². The van der Waals surface area contributed by atoms with Crippen molar-refractivity contribution in [2.75, 3.05) is 31.6 Å². The number of amides is 1. The lowest BCUT2D eigenvalue weighted by Gasteiger charge is -2.12. The third kappa shape index (κ3) is 11.7. The lowest BCUT2D eigenvalue weighted by Crippen LogP contribution is -2.38. The van der Waals surface area contributed by atoms with Crippen molar-refractivity contribution in [3.8, 4) is 0 Å². The van der Waals surface area contributed by atoms with Gasteiger partial charge >= 0.3 is 0 Å². The molecular formula is C22H35IN6O2. The van der Waals surface area contributed by atoms with E-state index in [9.17, 15) is 4.79 Å². The molecule has 0 saturated carbocycles. The molecule has 31 heavy (non-hydrogen) atoms. The molecule has 0 aliphatic carbocycles. The van der Waals surface area contributed by atoms with Crippen molar-refractivity contribution < 1.29 is 9.53 Å². The number of guanidine groups is 1. The van der Waals surface area contributed by atoms with Gasteiger partial charge in [0.15, 0.2) is 5.96 Å². The molecular weight excluding hydrogens is 507 g/mol. The second kappa shape index (κ2) is 15.6. The number of aliphatic imine (C=N–C) groups is 1. The van der Waals surface area contributed by atoms with Gasteiger partial charge in [-0.15, -0.1) is 24.0 Å². The zero-order valence-corrected chi connectivity index (χ0v) is 21.0. The minimum Gasteiger partial charge on any atom is -0.381 e. The van der Waals surface area contributed by atoms with Gasteiger partial charge in [0.1, 0.15) is 6.54 Å². The topological polar surface area (TPSA) is 92.6 Å². The molecule has 2 aromatic rings. The van der Waals surface area contributed by atoms with Crippen LogP contribution in [0, 0.1) is 5.92 Å². The Labute approximate surface area is 202 Å². The van der Waals surface area contributed by atoms with Crippen molar-refractivity contribution in [2.45, 2.75) is 40.3 Å². The quantitative estimate of drug-likeness (QED) is 0.166. The summed E-state index contributed by atoms with van der Waals surface area (Å²) >= 11 is 0. The highest BCUT2D eigenvalue weighted by molar-refractivity contribution is 14.0. The highest BCUT2D eigenvalue weighted by Gasteiger charge is 2.05. The first-order chi connectivity index (χ1) is 14.6. The molecule has 0 radical (unpaired) electrons. The first-order valence-electron chi connectivity index (χ1n) is 10.5. The van der Waals surface area contributed by atoms with Crippen LogP contribution in [0.3, 0.4) is 0 Å². The Morgan fingerprint density at radius 2 is 2.10 bits per heavy atom. The van der Waals surface area contributed by atoms with Crippen LogP contribution in [-0.2, 0) is 22.6 Å². The van der Waals surface area contributed by atoms with Gasteiger partial charge in [-0.2, -0.15) is 5.10 Å². The number of rotatable bonds is 12. The lowest BCUT2D eigenvalue weighted by molar-refractivity contribution is -0.116. The largest absolute Gasteiger partial charge is 0.381 e. The maximum atomic E-state index is 12.1. The van der Waals surface area contributed by atoms with Crippen molar-refractivity contribution in [1.82, 2.24) is 20.4 Å². The Morgan fingerprint density at radius 3 is 2.81 bits per heavy atom. The Morgan fingerprint density at radius 1 is 1.26 bits per heavy atom. The molecule has 0 aliphatic rings. The van der Waals surface area contributed by atoms with Crippen LogP contribution in [0.2, 0.25) is 0 Å². The second-order valence-corrected chi connectivity index (χ2v) is 7.40. The molecule has 0 fully saturated rings. The van der Waals surface area contributed by atoms with Crippen LogP contribution in [0.25, 0.3) is 0 Å². The number of aromatic nitrogens is 2. The molecule has 0 saturated heterocycles. The Kier molecular flexibility index (Phi) is 13.6. The molecule has 0 spiro atoms. The predicted molar refractivity (Wildman–Crippen MR) is 136 cm³/mol. The van der Waals surface area contributed by atoms with E-state index in [0.29, 0.717) is 12.5 Å². The number of benzene rings is 1. The van der Waals surface area contributed by atoms with Gasteiger partial charge in [-0.3, -0.25) is 9.48 Å². The number of hydrogen-bond acceptors (Lipinski definition) is 4. The molecule has 9 heteroatoms. The van der Waals surface area contributed by atoms with E-state index in [-0.39, 0.29) is 36.4 Å². The van der Waals surface area contributed by atoms with E-state index in [1.807, 2.05) is 31.2 Å². The minimum atomic E-state index is -0.117. The van der Waals surface area contributed by atoms with Gasteiger partial charge < -0.3 is 20.7 Å². The van der Waals surface area contributed by atoms with Crippen LogP contribution in [0.15, 0.2) is 47.7 Å². The maximum absolute atomic E-state index is 12.1. The first kappa shape index (κ1) is 26.9. The van der Waals surface area contributed by atoms with Crippen molar-refractivity contribution in [3.63, 3.8) is 0 Å². The average molecular weight is 542 g/mol. The summed E-state index contributed by atoms with van der Waals surface area (Å²) in [5, 5.41) is 13.5. The summed E-state index contributed by atoms with van der Waals surface area (Å²) in [5.41, 5.74) is 1.77. The fourth-order valence-electron chi connectivity index (χ4n) is 2.70. The molecule has 1 amide bonds. The van der Waals surface area contributed by atoms with Crippen molar-refractivity contribution in [2.24, 2.45) is 10.9 Å². The maximum Gasteiger partial charge on any atom is 0.246 e. The van der Waals surface area contributed by atoms with E-state index in [0.717, 1.165) is 49.9 Å². The second-order valence-electron chi connectivity index (χ2n) is 7.40. The van der Waals surface area contributed by atoms with Crippen molar-refractivity contribution >= 4 is 41.5 Å². The fourth-order valence-corrected chi connectivity index (χ4v) is 2.70. The molecule has 172 valence electrons. The average Bonchev–Trinajstić information content (AvgIpc) is 3.21. The van der Waals surface area contributed by atoms with Crippen molar-refractivity contribution in [1.29, 1.82) is 0 Å². The highest BCUT2D eigenvalue weighted by atomic mass is 127. The standard InChI is InChI=1S/C22H34N6O2.HI/c1-4-23-22(24-10-7-13-30-17-18(2)3)25-15-19-8-5-9-20(14-19)27-21(29)16-28-12-6-11-26-28;/h5-6,8-9,11-12,14,18H,4,7,10,13,15-17H2,1-3H3,(H,27,29)(H2,23,24,25);1H. The predicted octanol–water partition coefficient (Wildman–Crippen LogP) is 3.26.